The highest BCUT2D eigenvalue weighted by Gasteiger charge is 2.22. The lowest BCUT2D eigenvalue weighted by atomic mass is 10.4. The average Bonchev–Trinajstić information content (AvgIpc) is 2.75. The van der Waals surface area contributed by atoms with E-state index in [0.717, 1.165) is 0 Å². The molecule has 0 radical (unpaired) electrons. The Morgan fingerprint density at radius 2 is 2.21 bits per heavy atom. The van der Waals surface area contributed by atoms with Crippen LogP contribution in [0.2, 0.25) is 0 Å². The molecule has 0 spiro atoms. The molecule has 102 valence electrons. The number of hydrogen-bond acceptors (Lipinski definition) is 7. The summed E-state index contributed by atoms with van der Waals surface area (Å²) in [7, 11) is -3.87. The van der Waals surface area contributed by atoms with Gasteiger partial charge in [-0.25, -0.2) is 9.71 Å². The second kappa shape index (κ2) is 5.22. The van der Waals surface area contributed by atoms with E-state index in [-0.39, 0.29) is 11.0 Å². The molecule has 0 amide bonds. The molecule has 8 nitrogen and oxygen atoms in total. The van der Waals surface area contributed by atoms with Crippen LogP contribution in [0.4, 0.5) is 11.7 Å². The molecule has 0 aromatic carbocycles. The maximum absolute atomic E-state index is 12.2. The van der Waals surface area contributed by atoms with Crippen LogP contribution in [0.5, 0.6) is 0 Å². The molecule has 2 aromatic rings. The number of rotatable bonds is 5. The molecule has 0 aliphatic heterocycles. The van der Waals surface area contributed by atoms with Crippen LogP contribution in [0.3, 0.4) is 0 Å². The molecule has 2 N–H and O–H groups in total. The van der Waals surface area contributed by atoms with E-state index >= 15 is 0 Å². The summed E-state index contributed by atoms with van der Waals surface area (Å²) in [6.45, 7) is 4.03. The summed E-state index contributed by atoms with van der Waals surface area (Å²) in [6, 6.07) is 3.09. The molecule has 2 aromatic heterocycles. The summed E-state index contributed by atoms with van der Waals surface area (Å²) in [6.07, 6.45) is 1.40. The van der Waals surface area contributed by atoms with Crippen molar-refractivity contribution in [2.75, 3.05) is 16.6 Å². The summed E-state index contributed by atoms with van der Waals surface area (Å²) in [5, 5.41) is 6.31. The van der Waals surface area contributed by atoms with Crippen molar-refractivity contribution in [2.24, 2.45) is 0 Å². The molecule has 0 atom stereocenters. The van der Waals surface area contributed by atoms with Crippen LogP contribution < -0.4 is 10.0 Å². The number of pyridine rings is 1. The van der Waals surface area contributed by atoms with Crippen LogP contribution in [-0.2, 0) is 10.0 Å². The lowest BCUT2D eigenvalue weighted by molar-refractivity contribution is 0.429. The first-order valence-electron chi connectivity index (χ1n) is 5.55. The lowest BCUT2D eigenvalue weighted by Crippen LogP contribution is -2.17. The van der Waals surface area contributed by atoms with Gasteiger partial charge in [0.25, 0.3) is 10.0 Å². The predicted octanol–water partition coefficient (Wildman–Crippen LogP) is 1.01. The Kier molecular flexibility index (Phi) is 3.65. The molecule has 2 heterocycles. The highest BCUT2D eigenvalue weighted by molar-refractivity contribution is 7.92. The van der Waals surface area contributed by atoms with E-state index in [2.05, 4.69) is 25.2 Å². The van der Waals surface area contributed by atoms with Crippen LogP contribution >= 0.6 is 0 Å². The minimum atomic E-state index is -3.87. The number of nitrogens with zero attached hydrogens (tertiary/aromatic N) is 3. The Bertz CT molecular complexity index is 667. The fourth-order valence-corrected chi connectivity index (χ4v) is 2.47. The number of anilines is 2. The fourth-order valence-electron chi connectivity index (χ4n) is 1.43. The largest absolute Gasteiger partial charge is 0.383 e. The van der Waals surface area contributed by atoms with Crippen molar-refractivity contribution in [3.63, 3.8) is 0 Å². The third-order valence-corrected chi connectivity index (χ3v) is 3.42. The number of aryl methyl sites for hydroxylation is 1. The normalized spacial score (nSPS) is 11.3. The maximum atomic E-state index is 12.2. The van der Waals surface area contributed by atoms with Gasteiger partial charge in [0.2, 0.25) is 0 Å². The zero-order valence-corrected chi connectivity index (χ0v) is 11.2. The molecule has 0 aliphatic rings. The van der Waals surface area contributed by atoms with E-state index in [0.29, 0.717) is 18.1 Å². The third-order valence-electron chi connectivity index (χ3n) is 2.14. The van der Waals surface area contributed by atoms with E-state index in [4.69, 9.17) is 4.52 Å². The molecule has 0 aliphatic carbocycles. The first-order valence-corrected chi connectivity index (χ1v) is 7.03. The van der Waals surface area contributed by atoms with Gasteiger partial charge in [-0.1, -0.05) is 5.16 Å². The molecule has 2 rings (SSSR count). The molecule has 0 unspecified atom stereocenters. The summed E-state index contributed by atoms with van der Waals surface area (Å²) >= 11 is 0. The standard InChI is InChI=1S/C10H13N5O3S/c1-3-11-8-5-4-6-12-9(8)19(16,17)15-10-13-7(2)14-18-10/h4-6,11H,3H2,1-2H3,(H,13,14,15). The van der Waals surface area contributed by atoms with Crippen molar-refractivity contribution < 1.29 is 12.9 Å². The number of sulfonamides is 1. The number of nitrogens with one attached hydrogen (secondary N) is 2. The first kappa shape index (κ1) is 13.3. The van der Waals surface area contributed by atoms with Gasteiger partial charge in [-0.2, -0.15) is 13.4 Å². The summed E-state index contributed by atoms with van der Waals surface area (Å²) in [5.74, 6) is 0.339. The molecule has 19 heavy (non-hydrogen) atoms. The van der Waals surface area contributed by atoms with Crippen molar-refractivity contribution >= 4 is 21.7 Å². The zero-order valence-electron chi connectivity index (χ0n) is 10.4. The van der Waals surface area contributed by atoms with Gasteiger partial charge in [0.1, 0.15) is 0 Å². The number of hydrogen-bond donors (Lipinski definition) is 2. The predicted molar refractivity (Wildman–Crippen MR) is 68.2 cm³/mol. The summed E-state index contributed by atoms with van der Waals surface area (Å²) < 4.78 is 31.2. The van der Waals surface area contributed by atoms with Crippen molar-refractivity contribution in [2.45, 2.75) is 18.9 Å². The minimum absolute atomic E-state index is 0.118. The average molecular weight is 283 g/mol. The molecular formula is C10H13N5O3S. The van der Waals surface area contributed by atoms with Crippen LogP contribution in [-0.4, -0.2) is 30.1 Å². The summed E-state index contributed by atoms with van der Waals surface area (Å²) in [4.78, 5) is 7.65. The van der Waals surface area contributed by atoms with Gasteiger partial charge >= 0.3 is 6.01 Å². The minimum Gasteiger partial charge on any atom is -0.383 e. The second-order valence-electron chi connectivity index (χ2n) is 3.64. The van der Waals surface area contributed by atoms with Crippen molar-refractivity contribution in [3.05, 3.63) is 24.2 Å². The van der Waals surface area contributed by atoms with Crippen LogP contribution in [0.25, 0.3) is 0 Å². The maximum Gasteiger partial charge on any atom is 0.335 e. The third kappa shape index (κ3) is 2.99. The Labute approximate surface area is 110 Å². The highest BCUT2D eigenvalue weighted by Crippen LogP contribution is 2.20. The highest BCUT2D eigenvalue weighted by atomic mass is 32.2. The Hall–Kier alpha value is -2.16. The molecule has 0 bridgehead atoms. The van der Waals surface area contributed by atoms with E-state index in [1.54, 1.807) is 19.1 Å². The number of aromatic nitrogens is 3. The van der Waals surface area contributed by atoms with Gasteiger partial charge in [-0.05, 0) is 26.0 Å². The molecule has 0 saturated heterocycles. The van der Waals surface area contributed by atoms with Crippen LogP contribution in [0.1, 0.15) is 12.7 Å². The first-order chi connectivity index (χ1) is 9.03. The van der Waals surface area contributed by atoms with Gasteiger partial charge in [-0.15, -0.1) is 0 Å². The van der Waals surface area contributed by atoms with Crippen molar-refractivity contribution in [3.8, 4) is 0 Å². The Balaban J connectivity index is 2.34. The van der Waals surface area contributed by atoms with Crippen LogP contribution in [0.15, 0.2) is 27.9 Å². The molecule has 0 saturated carbocycles. The van der Waals surface area contributed by atoms with E-state index in [1.807, 2.05) is 6.92 Å². The lowest BCUT2D eigenvalue weighted by Gasteiger charge is -2.09. The SMILES string of the molecule is CCNc1cccnc1S(=O)(=O)Nc1nc(C)no1. The van der Waals surface area contributed by atoms with E-state index in [1.165, 1.54) is 6.20 Å². The van der Waals surface area contributed by atoms with Crippen molar-refractivity contribution in [1.82, 2.24) is 15.1 Å². The Morgan fingerprint density at radius 3 is 2.84 bits per heavy atom. The molecule has 0 fully saturated rings. The molecular weight excluding hydrogens is 270 g/mol. The smallest absolute Gasteiger partial charge is 0.335 e. The Morgan fingerprint density at radius 1 is 1.42 bits per heavy atom. The van der Waals surface area contributed by atoms with Gasteiger partial charge in [0.05, 0.1) is 5.69 Å². The van der Waals surface area contributed by atoms with Gasteiger partial charge < -0.3 is 9.84 Å². The van der Waals surface area contributed by atoms with E-state index in [9.17, 15) is 8.42 Å². The molecule has 9 heteroatoms. The van der Waals surface area contributed by atoms with Gasteiger partial charge in [0.15, 0.2) is 10.9 Å². The van der Waals surface area contributed by atoms with Gasteiger partial charge in [-0.3, -0.25) is 0 Å². The van der Waals surface area contributed by atoms with Crippen LogP contribution in [0, 0.1) is 6.92 Å². The zero-order chi connectivity index (χ0) is 13.9. The van der Waals surface area contributed by atoms with Gasteiger partial charge in [0, 0.05) is 12.7 Å². The summed E-state index contributed by atoms with van der Waals surface area (Å²) in [5.41, 5.74) is 0.411. The quantitative estimate of drug-likeness (QED) is 0.842. The topological polar surface area (TPSA) is 110 Å². The van der Waals surface area contributed by atoms with Crippen molar-refractivity contribution in [1.29, 1.82) is 0 Å². The second-order valence-corrected chi connectivity index (χ2v) is 5.24. The monoisotopic (exact) mass is 283 g/mol. The fraction of sp³-hybridized carbons (Fsp3) is 0.300. The van der Waals surface area contributed by atoms with E-state index < -0.39 is 10.0 Å².